The second-order valence-electron chi connectivity index (χ2n) is 3.85. The molecule has 0 aliphatic heterocycles. The molecule has 1 rings (SSSR count). The molecule has 0 radical (unpaired) electrons. The van der Waals surface area contributed by atoms with Gasteiger partial charge in [-0.2, -0.15) is 5.26 Å². The molecule has 0 unspecified atom stereocenters. The lowest BCUT2D eigenvalue weighted by molar-refractivity contribution is -0.137. The first-order valence-electron chi connectivity index (χ1n) is 5.43. The minimum Gasteiger partial charge on any atom is -0.468 e. The third kappa shape index (κ3) is 5.07. The van der Waals surface area contributed by atoms with Crippen molar-refractivity contribution >= 4 is 27.4 Å². The van der Waals surface area contributed by atoms with Crippen molar-refractivity contribution in [2.45, 2.75) is 0 Å². The summed E-state index contributed by atoms with van der Waals surface area (Å²) in [6.45, 7) is 0. The van der Waals surface area contributed by atoms with Crippen LogP contribution in [0.25, 0.3) is 0 Å². The molecule has 20 heavy (non-hydrogen) atoms. The molecule has 8 heteroatoms. The van der Waals surface area contributed by atoms with Crippen molar-refractivity contribution in [3.8, 4) is 6.07 Å². The van der Waals surface area contributed by atoms with Crippen LogP contribution in [0.2, 0.25) is 0 Å². The van der Waals surface area contributed by atoms with E-state index in [4.69, 9.17) is 5.26 Å². The van der Waals surface area contributed by atoms with E-state index < -0.39 is 33.2 Å². The van der Waals surface area contributed by atoms with Gasteiger partial charge in [0.05, 0.1) is 18.7 Å². The number of anilines is 1. The number of hydrogen-bond acceptors (Lipinski definition) is 6. The van der Waals surface area contributed by atoms with Crippen LogP contribution in [0.1, 0.15) is 5.56 Å². The Balaban J connectivity index is 2.68. The number of rotatable bonds is 5. The summed E-state index contributed by atoms with van der Waals surface area (Å²) in [5.41, 5.74) is 0.641. The molecule has 106 valence electrons. The molecule has 0 bridgehead atoms. The second kappa shape index (κ2) is 6.68. The fraction of sp³-hybridized carbons (Fsp3) is 0.250. The first kappa shape index (κ1) is 15.7. The molecule has 1 amide bonds. The van der Waals surface area contributed by atoms with Crippen LogP contribution in [0.4, 0.5) is 5.69 Å². The van der Waals surface area contributed by atoms with E-state index in [0.29, 0.717) is 11.3 Å². The number of hydrogen-bond donors (Lipinski definition) is 1. The zero-order valence-corrected chi connectivity index (χ0v) is 11.4. The van der Waals surface area contributed by atoms with E-state index in [0.717, 1.165) is 7.11 Å². The highest BCUT2D eigenvalue weighted by Gasteiger charge is 2.21. The van der Waals surface area contributed by atoms with E-state index in [1.807, 2.05) is 6.07 Å². The number of nitriles is 1. The number of benzene rings is 1. The maximum absolute atomic E-state index is 11.6. The van der Waals surface area contributed by atoms with Crippen LogP contribution in [0.5, 0.6) is 0 Å². The maximum atomic E-state index is 11.6. The molecule has 7 nitrogen and oxygen atoms in total. The molecule has 0 aromatic heterocycles. The first-order chi connectivity index (χ1) is 9.36. The fourth-order valence-electron chi connectivity index (χ4n) is 1.35. The van der Waals surface area contributed by atoms with Crippen LogP contribution in [-0.4, -0.2) is 38.9 Å². The Morgan fingerprint density at radius 3 is 2.65 bits per heavy atom. The van der Waals surface area contributed by atoms with E-state index >= 15 is 0 Å². The highest BCUT2D eigenvalue weighted by Crippen LogP contribution is 2.09. The van der Waals surface area contributed by atoms with Crippen molar-refractivity contribution in [1.82, 2.24) is 0 Å². The van der Waals surface area contributed by atoms with Gasteiger partial charge in [-0.15, -0.1) is 0 Å². The molecular weight excluding hydrogens is 284 g/mol. The zero-order chi connectivity index (χ0) is 15.2. The highest BCUT2D eigenvalue weighted by atomic mass is 32.2. The Kier molecular flexibility index (Phi) is 5.23. The van der Waals surface area contributed by atoms with Crippen molar-refractivity contribution in [2.24, 2.45) is 0 Å². The molecule has 0 aliphatic rings. The lowest BCUT2D eigenvalue weighted by atomic mass is 10.2. The van der Waals surface area contributed by atoms with E-state index in [1.54, 1.807) is 12.1 Å². The third-order valence-electron chi connectivity index (χ3n) is 2.19. The topological polar surface area (TPSA) is 113 Å². The Hall–Kier alpha value is -2.40. The fourth-order valence-corrected chi connectivity index (χ4v) is 2.40. The van der Waals surface area contributed by atoms with Gasteiger partial charge in [0.1, 0.15) is 11.5 Å². The summed E-state index contributed by atoms with van der Waals surface area (Å²) in [5, 5.41) is 11.0. The number of nitrogens with one attached hydrogen (secondary N) is 1. The first-order valence-corrected chi connectivity index (χ1v) is 7.25. The lowest BCUT2D eigenvalue weighted by Crippen LogP contribution is -2.28. The van der Waals surface area contributed by atoms with Crippen LogP contribution >= 0.6 is 0 Å². The Morgan fingerprint density at radius 2 is 2.05 bits per heavy atom. The van der Waals surface area contributed by atoms with E-state index in [2.05, 4.69) is 10.1 Å². The van der Waals surface area contributed by atoms with Crippen molar-refractivity contribution in [3.63, 3.8) is 0 Å². The minimum absolute atomic E-state index is 0.308. The van der Waals surface area contributed by atoms with Crippen LogP contribution in [0.15, 0.2) is 24.3 Å². The van der Waals surface area contributed by atoms with Gasteiger partial charge in [0.25, 0.3) is 0 Å². The average molecular weight is 296 g/mol. The summed E-state index contributed by atoms with van der Waals surface area (Å²) >= 11 is 0. The standard InChI is InChI=1S/C12H12N2O5S/c1-19-12(16)8-20(17,18)7-11(15)14-10-4-2-3-9(5-10)6-13/h2-5H,7-8H2,1H3,(H,14,15). The Bertz CT molecular complexity index is 661. The van der Waals surface area contributed by atoms with Gasteiger partial charge >= 0.3 is 5.97 Å². The van der Waals surface area contributed by atoms with Crippen LogP contribution in [0, 0.1) is 11.3 Å². The smallest absolute Gasteiger partial charge is 0.320 e. The molecule has 1 aromatic rings. The quantitative estimate of drug-likeness (QED) is 0.770. The molecule has 0 saturated carbocycles. The SMILES string of the molecule is COC(=O)CS(=O)(=O)CC(=O)Nc1cccc(C#N)c1. The predicted molar refractivity (Wildman–Crippen MR) is 70.5 cm³/mol. The normalized spacial score (nSPS) is 10.4. The van der Waals surface area contributed by atoms with Gasteiger partial charge in [0.15, 0.2) is 9.84 Å². The second-order valence-corrected chi connectivity index (χ2v) is 5.91. The molecule has 0 saturated heterocycles. The van der Waals surface area contributed by atoms with Gasteiger partial charge in [0, 0.05) is 5.69 Å². The largest absolute Gasteiger partial charge is 0.468 e. The zero-order valence-electron chi connectivity index (χ0n) is 10.6. The summed E-state index contributed by atoms with van der Waals surface area (Å²) in [5.74, 6) is -3.40. The number of sulfone groups is 1. The van der Waals surface area contributed by atoms with Gasteiger partial charge < -0.3 is 10.1 Å². The van der Waals surface area contributed by atoms with Gasteiger partial charge in [-0.3, -0.25) is 9.59 Å². The summed E-state index contributed by atoms with van der Waals surface area (Å²) in [6.07, 6.45) is 0. The van der Waals surface area contributed by atoms with Crippen LogP contribution in [0.3, 0.4) is 0 Å². The molecule has 1 aromatic carbocycles. The summed E-state index contributed by atoms with van der Waals surface area (Å²) in [6, 6.07) is 7.92. The van der Waals surface area contributed by atoms with Crippen LogP contribution < -0.4 is 5.32 Å². The average Bonchev–Trinajstić information content (AvgIpc) is 2.37. The van der Waals surface area contributed by atoms with Crippen molar-refractivity contribution in [3.05, 3.63) is 29.8 Å². The number of amides is 1. The lowest BCUT2D eigenvalue weighted by Gasteiger charge is -2.06. The molecular formula is C12H12N2O5S. The monoisotopic (exact) mass is 296 g/mol. The van der Waals surface area contributed by atoms with Crippen molar-refractivity contribution in [2.75, 3.05) is 23.9 Å². The van der Waals surface area contributed by atoms with E-state index in [9.17, 15) is 18.0 Å². The summed E-state index contributed by atoms with van der Waals surface area (Å²) < 4.78 is 27.2. The van der Waals surface area contributed by atoms with E-state index in [-0.39, 0.29) is 0 Å². The number of carbonyl (C=O) groups is 2. The molecule has 0 heterocycles. The molecule has 0 aliphatic carbocycles. The highest BCUT2D eigenvalue weighted by molar-refractivity contribution is 7.92. The molecule has 0 spiro atoms. The number of esters is 1. The molecule has 0 atom stereocenters. The van der Waals surface area contributed by atoms with Crippen LogP contribution in [-0.2, 0) is 24.2 Å². The van der Waals surface area contributed by atoms with Gasteiger partial charge in [-0.25, -0.2) is 8.42 Å². The van der Waals surface area contributed by atoms with E-state index in [1.165, 1.54) is 12.1 Å². The minimum atomic E-state index is -3.88. The number of methoxy groups -OCH3 is 1. The van der Waals surface area contributed by atoms with Gasteiger partial charge in [-0.1, -0.05) is 6.07 Å². The number of ether oxygens (including phenoxy) is 1. The van der Waals surface area contributed by atoms with Crippen molar-refractivity contribution < 1.29 is 22.7 Å². The van der Waals surface area contributed by atoms with Gasteiger partial charge in [-0.05, 0) is 18.2 Å². The summed E-state index contributed by atoms with van der Waals surface area (Å²) in [7, 11) is -2.82. The van der Waals surface area contributed by atoms with Gasteiger partial charge in [0.2, 0.25) is 5.91 Å². The molecule has 0 fully saturated rings. The van der Waals surface area contributed by atoms with Crippen molar-refractivity contribution in [1.29, 1.82) is 5.26 Å². The summed E-state index contributed by atoms with van der Waals surface area (Å²) in [4.78, 5) is 22.5. The Morgan fingerprint density at radius 1 is 1.35 bits per heavy atom. The third-order valence-corrected chi connectivity index (χ3v) is 3.57. The number of nitrogens with zero attached hydrogens (tertiary/aromatic N) is 1. The maximum Gasteiger partial charge on any atom is 0.320 e. The Labute approximate surface area is 116 Å². The molecule has 1 N–H and O–H groups in total. The predicted octanol–water partition coefficient (Wildman–Crippen LogP) is 0.0846. The number of carbonyl (C=O) groups excluding carboxylic acids is 2.